The van der Waals surface area contributed by atoms with Crippen LogP contribution in [0.5, 0.6) is 0 Å². The summed E-state index contributed by atoms with van der Waals surface area (Å²) in [5.74, 6) is 0.102. The summed E-state index contributed by atoms with van der Waals surface area (Å²) >= 11 is 0. The fourth-order valence-corrected chi connectivity index (χ4v) is 2.84. The van der Waals surface area contributed by atoms with Crippen LogP contribution >= 0.6 is 0 Å². The van der Waals surface area contributed by atoms with Crippen molar-refractivity contribution >= 4 is 29.3 Å². The lowest BCUT2D eigenvalue weighted by molar-refractivity contribution is -0.118. The lowest BCUT2D eigenvalue weighted by atomic mass is 9.98. The van der Waals surface area contributed by atoms with E-state index in [1.807, 2.05) is 6.07 Å². The fourth-order valence-electron chi connectivity index (χ4n) is 2.84. The van der Waals surface area contributed by atoms with E-state index < -0.39 is 0 Å². The molecule has 0 atom stereocenters. The molecule has 0 aliphatic carbocycles. The van der Waals surface area contributed by atoms with Crippen molar-refractivity contribution in [2.75, 3.05) is 48.7 Å². The Kier molecular flexibility index (Phi) is 3.22. The summed E-state index contributed by atoms with van der Waals surface area (Å²) in [6, 6.07) is 3.75. The zero-order valence-electron chi connectivity index (χ0n) is 11.3. The van der Waals surface area contributed by atoms with Crippen LogP contribution in [-0.2, 0) is 4.79 Å². The van der Waals surface area contributed by atoms with Crippen molar-refractivity contribution in [1.29, 1.82) is 0 Å². The molecule has 1 saturated heterocycles. The first-order chi connectivity index (χ1) is 9.70. The molecule has 0 radical (unpaired) electrons. The summed E-state index contributed by atoms with van der Waals surface area (Å²) in [5, 5.41) is 3.30. The Bertz CT molecular complexity index is 550. The number of carbonyl (C=O) groups is 2. The van der Waals surface area contributed by atoms with Gasteiger partial charge in [0.15, 0.2) is 5.78 Å². The van der Waals surface area contributed by atoms with Crippen molar-refractivity contribution in [2.45, 2.75) is 6.42 Å². The molecule has 0 spiro atoms. The summed E-state index contributed by atoms with van der Waals surface area (Å²) in [6.07, 6.45) is 1.37. The summed E-state index contributed by atoms with van der Waals surface area (Å²) < 4.78 is 0. The average Bonchev–Trinajstić information content (AvgIpc) is 2.48. The molecule has 0 saturated carbocycles. The van der Waals surface area contributed by atoms with E-state index in [1.165, 1.54) is 0 Å². The minimum atomic E-state index is 0.102. The van der Waals surface area contributed by atoms with Crippen LogP contribution in [0.1, 0.15) is 16.8 Å². The van der Waals surface area contributed by atoms with Gasteiger partial charge in [0.2, 0.25) is 6.41 Å². The van der Waals surface area contributed by atoms with Crippen LogP contribution in [0.4, 0.5) is 17.1 Å². The van der Waals surface area contributed by atoms with Crippen LogP contribution in [0.2, 0.25) is 0 Å². The van der Waals surface area contributed by atoms with Crippen molar-refractivity contribution in [3.63, 3.8) is 0 Å². The highest BCUT2D eigenvalue weighted by Crippen LogP contribution is 2.36. The summed E-state index contributed by atoms with van der Waals surface area (Å²) in [7, 11) is 0. The zero-order valence-corrected chi connectivity index (χ0v) is 11.3. The van der Waals surface area contributed by atoms with Crippen molar-refractivity contribution < 1.29 is 9.59 Å². The number of nitrogens with two attached hydrogens (primary N) is 1. The molecule has 6 nitrogen and oxygen atoms in total. The van der Waals surface area contributed by atoms with Crippen molar-refractivity contribution in [1.82, 2.24) is 4.90 Å². The molecule has 1 fully saturated rings. The fraction of sp³-hybridized carbons (Fsp3) is 0.429. The van der Waals surface area contributed by atoms with Gasteiger partial charge in [-0.1, -0.05) is 0 Å². The number of fused-ring (bicyclic) bond motifs is 1. The number of rotatable bonds is 2. The van der Waals surface area contributed by atoms with Crippen molar-refractivity contribution in [3.8, 4) is 0 Å². The first-order valence-electron chi connectivity index (χ1n) is 6.84. The molecular weight excluding hydrogens is 256 g/mol. The van der Waals surface area contributed by atoms with Gasteiger partial charge >= 0.3 is 0 Å². The first-order valence-corrected chi connectivity index (χ1v) is 6.84. The number of piperazine rings is 1. The quantitative estimate of drug-likeness (QED) is 0.608. The number of amides is 1. The molecule has 1 aromatic carbocycles. The Morgan fingerprint density at radius 2 is 1.95 bits per heavy atom. The van der Waals surface area contributed by atoms with Gasteiger partial charge in [0.25, 0.3) is 0 Å². The van der Waals surface area contributed by atoms with Gasteiger partial charge < -0.3 is 20.9 Å². The third-order valence-corrected chi connectivity index (χ3v) is 3.95. The topological polar surface area (TPSA) is 78.7 Å². The van der Waals surface area contributed by atoms with Crippen molar-refractivity contribution in [2.24, 2.45) is 0 Å². The van der Waals surface area contributed by atoms with Gasteiger partial charge in [-0.2, -0.15) is 0 Å². The summed E-state index contributed by atoms with van der Waals surface area (Å²) in [5.41, 5.74) is 8.95. The van der Waals surface area contributed by atoms with E-state index in [2.05, 4.69) is 10.2 Å². The second-order valence-electron chi connectivity index (χ2n) is 5.15. The highest BCUT2D eigenvalue weighted by atomic mass is 16.1. The lowest BCUT2D eigenvalue weighted by Gasteiger charge is -2.36. The standard InChI is InChI=1S/C14H18N4O2/c15-10-1-2-11(14-13(10)12(20)3-4-16-14)18-7-5-17(9-19)6-8-18/h1-2,9,16H,3-8,15H2. The number of hydrogen-bond acceptors (Lipinski definition) is 5. The van der Waals surface area contributed by atoms with E-state index in [1.54, 1.807) is 11.0 Å². The molecular formula is C14H18N4O2. The molecule has 2 aliphatic rings. The molecule has 2 heterocycles. The highest BCUT2D eigenvalue weighted by Gasteiger charge is 2.26. The number of benzene rings is 1. The van der Waals surface area contributed by atoms with Crippen LogP contribution in [0.25, 0.3) is 0 Å². The number of hydrogen-bond donors (Lipinski definition) is 2. The average molecular weight is 274 g/mol. The Balaban J connectivity index is 1.93. The molecule has 20 heavy (non-hydrogen) atoms. The zero-order chi connectivity index (χ0) is 14.1. The second-order valence-corrected chi connectivity index (χ2v) is 5.15. The van der Waals surface area contributed by atoms with Gasteiger partial charge in [0, 0.05) is 44.8 Å². The molecule has 0 unspecified atom stereocenters. The van der Waals surface area contributed by atoms with Crippen LogP contribution < -0.4 is 16.0 Å². The Labute approximate surface area is 117 Å². The minimum Gasteiger partial charge on any atom is -0.398 e. The smallest absolute Gasteiger partial charge is 0.209 e. The van der Waals surface area contributed by atoms with Gasteiger partial charge in [0.05, 0.1) is 16.9 Å². The van der Waals surface area contributed by atoms with Crippen LogP contribution in [0.15, 0.2) is 12.1 Å². The van der Waals surface area contributed by atoms with Crippen LogP contribution in [-0.4, -0.2) is 49.8 Å². The lowest BCUT2D eigenvalue weighted by Crippen LogP contribution is -2.46. The minimum absolute atomic E-state index is 0.102. The maximum Gasteiger partial charge on any atom is 0.209 e. The summed E-state index contributed by atoms with van der Waals surface area (Å²) in [6.45, 7) is 3.60. The number of nitrogens with zero attached hydrogens (tertiary/aromatic N) is 2. The largest absolute Gasteiger partial charge is 0.398 e. The van der Waals surface area contributed by atoms with Crippen molar-refractivity contribution in [3.05, 3.63) is 17.7 Å². The molecule has 1 aromatic rings. The molecule has 6 heteroatoms. The Morgan fingerprint density at radius 3 is 2.65 bits per heavy atom. The second kappa shape index (κ2) is 5.03. The summed E-state index contributed by atoms with van der Waals surface area (Å²) in [4.78, 5) is 26.8. The third-order valence-electron chi connectivity index (χ3n) is 3.95. The molecule has 3 N–H and O–H groups in total. The highest BCUT2D eigenvalue weighted by molar-refractivity contribution is 6.10. The molecule has 2 aliphatic heterocycles. The molecule has 3 rings (SSSR count). The number of ketones is 1. The van der Waals surface area contributed by atoms with Gasteiger partial charge in [-0.25, -0.2) is 0 Å². The van der Waals surface area contributed by atoms with E-state index in [-0.39, 0.29) is 5.78 Å². The number of nitrogens with one attached hydrogen (secondary N) is 1. The maximum atomic E-state index is 12.0. The van der Waals surface area contributed by atoms with E-state index in [9.17, 15) is 9.59 Å². The van der Waals surface area contributed by atoms with E-state index in [0.29, 0.717) is 37.3 Å². The van der Waals surface area contributed by atoms with Crippen LogP contribution in [0.3, 0.4) is 0 Å². The monoisotopic (exact) mass is 274 g/mol. The Morgan fingerprint density at radius 1 is 1.20 bits per heavy atom. The SMILES string of the molecule is Nc1ccc(N2CCN(C=O)CC2)c2c1C(=O)CCN2. The predicted octanol–water partition coefficient (Wildman–Crippen LogP) is 0.545. The number of anilines is 3. The normalized spacial score (nSPS) is 18.5. The van der Waals surface area contributed by atoms with Gasteiger partial charge in [-0.3, -0.25) is 9.59 Å². The predicted molar refractivity (Wildman–Crippen MR) is 78.1 cm³/mol. The van der Waals surface area contributed by atoms with Gasteiger partial charge in [-0.15, -0.1) is 0 Å². The van der Waals surface area contributed by atoms with E-state index >= 15 is 0 Å². The first kappa shape index (κ1) is 12.8. The number of Topliss-reactive ketones (excluding diaryl/α,β-unsaturated/α-hetero) is 1. The number of carbonyl (C=O) groups excluding carboxylic acids is 2. The molecule has 1 amide bonds. The molecule has 106 valence electrons. The molecule has 0 bridgehead atoms. The Hall–Kier alpha value is -2.24. The third kappa shape index (κ3) is 2.07. The van der Waals surface area contributed by atoms with Crippen LogP contribution in [0, 0.1) is 0 Å². The van der Waals surface area contributed by atoms with Gasteiger partial charge in [0.1, 0.15) is 0 Å². The number of nitrogen functional groups attached to an aromatic ring is 1. The van der Waals surface area contributed by atoms with E-state index in [0.717, 1.165) is 30.9 Å². The maximum absolute atomic E-state index is 12.0. The molecule has 0 aromatic heterocycles. The van der Waals surface area contributed by atoms with Gasteiger partial charge in [-0.05, 0) is 12.1 Å². The van der Waals surface area contributed by atoms with E-state index in [4.69, 9.17) is 5.73 Å².